The molecule has 1 fully saturated rings. The summed E-state index contributed by atoms with van der Waals surface area (Å²) in [4.78, 5) is 6.99. The maximum atomic E-state index is 14.6. The quantitative estimate of drug-likeness (QED) is 0.428. The summed E-state index contributed by atoms with van der Waals surface area (Å²) in [6.45, 7) is 4.98. The first-order valence-electron chi connectivity index (χ1n) is 10.1. The Balaban J connectivity index is 0.000000334. The average molecular weight is 439 g/mol. The molecule has 0 aliphatic carbocycles. The van der Waals surface area contributed by atoms with Crippen molar-refractivity contribution in [3.05, 3.63) is 77.3 Å². The summed E-state index contributed by atoms with van der Waals surface area (Å²) < 4.78 is 21.7. The Morgan fingerprint density at radius 2 is 1.87 bits per heavy atom. The second-order valence-corrected chi connectivity index (χ2v) is 7.89. The van der Waals surface area contributed by atoms with Crippen molar-refractivity contribution in [1.82, 2.24) is 14.8 Å². The highest BCUT2D eigenvalue weighted by Gasteiger charge is 2.17. The fraction of sp³-hybridized carbons (Fsp3) is 0.250. The van der Waals surface area contributed by atoms with Crippen LogP contribution >= 0.6 is 11.6 Å². The molecular weight excluding hydrogens is 415 g/mol. The lowest BCUT2D eigenvalue weighted by Crippen LogP contribution is -2.36. The number of morpholine rings is 1. The monoisotopic (exact) mass is 438 g/mol. The van der Waals surface area contributed by atoms with Crippen molar-refractivity contribution in [3.63, 3.8) is 0 Å². The van der Waals surface area contributed by atoms with Gasteiger partial charge in [-0.15, -0.1) is 0 Å². The predicted molar refractivity (Wildman–Crippen MR) is 123 cm³/mol. The van der Waals surface area contributed by atoms with Crippen molar-refractivity contribution in [3.8, 4) is 11.3 Å². The van der Waals surface area contributed by atoms with Crippen LogP contribution in [0.15, 0.2) is 60.9 Å². The van der Waals surface area contributed by atoms with E-state index in [-0.39, 0.29) is 5.82 Å². The maximum Gasteiger partial charge on any atom is 0.134 e. The first kappa shape index (κ1) is 21.3. The lowest BCUT2D eigenvalue weighted by molar-refractivity contribution is 0.122. The Labute approximate surface area is 186 Å². The SMILES string of the molecule is Cc1ccc2c(-c3ccc(Cl)cc3F)nc(N3CCOCC3)cc2c1.Cn1cccn1. The highest BCUT2D eigenvalue weighted by atomic mass is 35.5. The van der Waals surface area contributed by atoms with Crippen LogP contribution in [0, 0.1) is 12.7 Å². The Bertz CT molecular complexity index is 1170. The van der Waals surface area contributed by atoms with E-state index < -0.39 is 0 Å². The van der Waals surface area contributed by atoms with E-state index >= 15 is 0 Å². The van der Waals surface area contributed by atoms with Crippen LogP contribution in [0.25, 0.3) is 22.0 Å². The molecule has 0 saturated carbocycles. The molecule has 2 aromatic carbocycles. The van der Waals surface area contributed by atoms with Crippen molar-refractivity contribution < 1.29 is 9.13 Å². The first-order chi connectivity index (χ1) is 15.0. The van der Waals surface area contributed by atoms with Crippen molar-refractivity contribution >= 4 is 28.2 Å². The lowest BCUT2D eigenvalue weighted by atomic mass is 10.0. The number of pyridine rings is 1. The second kappa shape index (κ2) is 9.45. The van der Waals surface area contributed by atoms with Crippen LogP contribution in [0.2, 0.25) is 5.02 Å². The third-order valence-corrected chi connectivity index (χ3v) is 5.37. The van der Waals surface area contributed by atoms with Crippen LogP contribution in [0.1, 0.15) is 5.56 Å². The number of anilines is 1. The van der Waals surface area contributed by atoms with E-state index in [4.69, 9.17) is 21.3 Å². The third kappa shape index (κ3) is 5.03. The topological polar surface area (TPSA) is 43.2 Å². The molecule has 5 rings (SSSR count). The molecule has 0 spiro atoms. The molecule has 1 aliphatic rings. The molecule has 0 unspecified atom stereocenters. The van der Waals surface area contributed by atoms with Gasteiger partial charge in [0.1, 0.15) is 11.6 Å². The smallest absolute Gasteiger partial charge is 0.134 e. The fourth-order valence-electron chi connectivity index (χ4n) is 3.55. The van der Waals surface area contributed by atoms with Gasteiger partial charge in [0.15, 0.2) is 0 Å². The van der Waals surface area contributed by atoms with Crippen LogP contribution in [-0.4, -0.2) is 41.1 Å². The number of halogens is 2. The zero-order chi connectivity index (χ0) is 21.8. The van der Waals surface area contributed by atoms with E-state index in [1.165, 1.54) is 6.07 Å². The average Bonchev–Trinajstić information content (AvgIpc) is 3.25. The molecule has 160 valence electrons. The van der Waals surface area contributed by atoms with Crippen molar-refractivity contribution in [2.75, 3.05) is 31.2 Å². The summed E-state index contributed by atoms with van der Waals surface area (Å²) in [5, 5.41) is 6.20. The van der Waals surface area contributed by atoms with E-state index in [9.17, 15) is 4.39 Å². The van der Waals surface area contributed by atoms with E-state index in [1.807, 2.05) is 31.4 Å². The number of hydrogen-bond acceptors (Lipinski definition) is 4. The van der Waals surface area contributed by atoms with Gasteiger partial charge in [-0.3, -0.25) is 4.68 Å². The predicted octanol–water partition coefficient (Wildman–Crippen LogP) is 5.26. The Morgan fingerprint density at radius 3 is 2.52 bits per heavy atom. The number of fused-ring (bicyclic) bond motifs is 1. The molecule has 0 radical (unpaired) electrons. The zero-order valence-electron chi connectivity index (χ0n) is 17.6. The second-order valence-electron chi connectivity index (χ2n) is 7.46. The number of benzene rings is 2. The van der Waals surface area contributed by atoms with Crippen LogP contribution in [-0.2, 0) is 11.8 Å². The van der Waals surface area contributed by atoms with Gasteiger partial charge in [0.2, 0.25) is 0 Å². The van der Waals surface area contributed by atoms with Crippen molar-refractivity contribution in [2.24, 2.45) is 7.05 Å². The van der Waals surface area contributed by atoms with E-state index in [2.05, 4.69) is 29.1 Å². The Hall–Kier alpha value is -2.96. The molecule has 31 heavy (non-hydrogen) atoms. The van der Waals surface area contributed by atoms with Crippen molar-refractivity contribution in [2.45, 2.75) is 6.92 Å². The first-order valence-corrected chi connectivity index (χ1v) is 10.5. The summed E-state index contributed by atoms with van der Waals surface area (Å²) >= 11 is 5.91. The lowest BCUT2D eigenvalue weighted by Gasteiger charge is -2.28. The minimum absolute atomic E-state index is 0.360. The van der Waals surface area contributed by atoms with E-state index in [0.717, 1.165) is 35.2 Å². The molecule has 4 aromatic rings. The summed E-state index contributed by atoms with van der Waals surface area (Å²) in [6.07, 6.45) is 3.64. The molecule has 2 aromatic heterocycles. The van der Waals surface area contributed by atoms with Crippen LogP contribution in [0.4, 0.5) is 10.2 Å². The number of hydrogen-bond donors (Lipinski definition) is 0. The maximum absolute atomic E-state index is 14.6. The molecule has 5 nitrogen and oxygen atoms in total. The molecular formula is C24H24ClFN4O. The van der Waals surface area contributed by atoms with Gasteiger partial charge in [0.25, 0.3) is 0 Å². The number of aryl methyl sites for hydroxylation is 2. The van der Waals surface area contributed by atoms with Gasteiger partial charge in [-0.1, -0.05) is 35.4 Å². The molecule has 1 saturated heterocycles. The van der Waals surface area contributed by atoms with Crippen LogP contribution in [0.5, 0.6) is 0 Å². The van der Waals surface area contributed by atoms with E-state index in [1.54, 1.807) is 23.0 Å². The molecule has 0 N–H and O–H groups in total. The molecule has 3 heterocycles. The summed E-state index contributed by atoms with van der Waals surface area (Å²) in [7, 11) is 1.89. The van der Waals surface area contributed by atoms with Crippen LogP contribution < -0.4 is 4.90 Å². The summed E-state index contributed by atoms with van der Waals surface area (Å²) in [6, 6.07) is 14.8. The van der Waals surface area contributed by atoms with Gasteiger partial charge in [0, 0.05) is 48.5 Å². The highest BCUT2D eigenvalue weighted by molar-refractivity contribution is 6.30. The number of nitrogens with zero attached hydrogens (tertiary/aromatic N) is 4. The minimum atomic E-state index is -0.360. The van der Waals surface area contributed by atoms with Gasteiger partial charge in [0.05, 0.1) is 18.9 Å². The zero-order valence-corrected chi connectivity index (χ0v) is 18.3. The molecule has 0 atom stereocenters. The normalized spacial score (nSPS) is 13.7. The van der Waals surface area contributed by atoms with Gasteiger partial charge < -0.3 is 9.64 Å². The summed E-state index contributed by atoms with van der Waals surface area (Å²) in [5.74, 6) is 0.492. The molecule has 0 bridgehead atoms. The molecule has 1 aliphatic heterocycles. The highest BCUT2D eigenvalue weighted by Crippen LogP contribution is 2.33. The fourth-order valence-corrected chi connectivity index (χ4v) is 3.71. The van der Waals surface area contributed by atoms with Gasteiger partial charge in [-0.25, -0.2) is 9.37 Å². The van der Waals surface area contributed by atoms with Gasteiger partial charge in [-0.05, 0) is 42.6 Å². The number of aromatic nitrogens is 3. The van der Waals surface area contributed by atoms with Gasteiger partial charge in [-0.2, -0.15) is 5.10 Å². The molecule has 0 amide bonds. The summed E-state index contributed by atoms with van der Waals surface area (Å²) in [5.41, 5.74) is 2.27. The van der Waals surface area contributed by atoms with Crippen LogP contribution in [0.3, 0.4) is 0 Å². The number of ether oxygens (including phenoxy) is 1. The van der Waals surface area contributed by atoms with Gasteiger partial charge >= 0.3 is 0 Å². The third-order valence-electron chi connectivity index (χ3n) is 5.13. The Morgan fingerprint density at radius 1 is 1.06 bits per heavy atom. The van der Waals surface area contributed by atoms with E-state index in [0.29, 0.717) is 29.5 Å². The van der Waals surface area contributed by atoms with Crippen molar-refractivity contribution in [1.29, 1.82) is 0 Å². The largest absolute Gasteiger partial charge is 0.378 e. The standard InChI is InChI=1S/C20H18ClFN2O.C4H6N2/c1-13-2-4-16-14(10-13)11-19(24-6-8-25-9-7-24)23-20(16)17-5-3-15(21)12-18(17)22;1-6-4-2-3-5-6/h2-5,10-12H,6-9H2,1H3;2-4H,1H3. The number of rotatable bonds is 2. The molecule has 7 heteroatoms. The Kier molecular flexibility index (Phi) is 6.49. The minimum Gasteiger partial charge on any atom is -0.378 e.